The summed E-state index contributed by atoms with van der Waals surface area (Å²) >= 11 is 3.39. The molecule has 0 spiro atoms. The topological polar surface area (TPSA) is 59.1 Å². The van der Waals surface area contributed by atoms with Gasteiger partial charge in [-0.15, -0.1) is 0 Å². The number of hydrogen-bond acceptors (Lipinski definition) is 4. The van der Waals surface area contributed by atoms with Gasteiger partial charge < -0.3 is 19.3 Å². The summed E-state index contributed by atoms with van der Waals surface area (Å²) in [5.41, 5.74) is 0.659. The molecule has 1 aromatic rings. The van der Waals surface area contributed by atoms with E-state index >= 15 is 0 Å². The standard InChI is InChI=1S/C17H23BrN2O4/c1-23-10-11-24-13-16(21)19-6-3-7-20(9-8-19)17(22)14-4-2-5-15(18)12-14/h2,4-5,12H,3,6-11,13H2,1H3. The minimum absolute atomic E-state index is 0.00180. The van der Waals surface area contributed by atoms with Crippen molar-refractivity contribution in [3.05, 3.63) is 34.3 Å². The van der Waals surface area contributed by atoms with Crippen LogP contribution < -0.4 is 0 Å². The summed E-state index contributed by atoms with van der Waals surface area (Å²) in [5, 5.41) is 0. The van der Waals surface area contributed by atoms with E-state index in [-0.39, 0.29) is 18.4 Å². The zero-order chi connectivity index (χ0) is 17.4. The normalized spacial score (nSPS) is 15.2. The average Bonchev–Trinajstić information content (AvgIpc) is 2.84. The van der Waals surface area contributed by atoms with Gasteiger partial charge in [0, 0.05) is 43.3 Å². The first-order valence-electron chi connectivity index (χ1n) is 8.01. The van der Waals surface area contributed by atoms with Crippen molar-refractivity contribution in [3.8, 4) is 0 Å². The largest absolute Gasteiger partial charge is 0.382 e. The first-order valence-corrected chi connectivity index (χ1v) is 8.80. The third-order valence-corrected chi connectivity index (χ3v) is 4.36. The molecule has 0 radical (unpaired) electrons. The summed E-state index contributed by atoms with van der Waals surface area (Å²) in [6.07, 6.45) is 0.767. The lowest BCUT2D eigenvalue weighted by molar-refractivity contribution is -0.136. The molecule has 2 rings (SSSR count). The van der Waals surface area contributed by atoms with Gasteiger partial charge in [-0.05, 0) is 24.6 Å². The number of methoxy groups -OCH3 is 1. The van der Waals surface area contributed by atoms with Crippen LogP contribution in [0.25, 0.3) is 0 Å². The highest BCUT2D eigenvalue weighted by atomic mass is 79.9. The molecule has 24 heavy (non-hydrogen) atoms. The Labute approximate surface area is 150 Å². The van der Waals surface area contributed by atoms with Crippen molar-refractivity contribution in [1.82, 2.24) is 9.80 Å². The molecule has 132 valence electrons. The van der Waals surface area contributed by atoms with E-state index in [1.165, 1.54) is 0 Å². The van der Waals surface area contributed by atoms with Crippen LogP contribution in [-0.4, -0.2) is 74.7 Å². The summed E-state index contributed by atoms with van der Waals surface area (Å²) < 4.78 is 11.0. The van der Waals surface area contributed by atoms with Gasteiger partial charge in [-0.25, -0.2) is 0 Å². The molecule has 0 atom stereocenters. The predicted octanol–water partition coefficient (Wildman–Crippen LogP) is 1.79. The van der Waals surface area contributed by atoms with Gasteiger partial charge >= 0.3 is 0 Å². The van der Waals surface area contributed by atoms with Crippen LogP contribution in [0.5, 0.6) is 0 Å². The third-order valence-electron chi connectivity index (χ3n) is 3.86. The first kappa shape index (κ1) is 18.9. The molecule has 0 aromatic heterocycles. The number of nitrogens with zero attached hydrogens (tertiary/aromatic N) is 2. The fourth-order valence-corrected chi connectivity index (χ4v) is 2.97. The summed E-state index contributed by atoms with van der Waals surface area (Å²) in [7, 11) is 1.59. The predicted molar refractivity (Wildman–Crippen MR) is 93.9 cm³/mol. The van der Waals surface area contributed by atoms with Gasteiger partial charge in [-0.1, -0.05) is 22.0 Å². The quantitative estimate of drug-likeness (QED) is 0.685. The first-order chi connectivity index (χ1) is 11.6. The molecule has 0 bridgehead atoms. The minimum Gasteiger partial charge on any atom is -0.382 e. The second kappa shape index (κ2) is 9.76. The Kier molecular flexibility index (Phi) is 7.68. The van der Waals surface area contributed by atoms with Crippen LogP contribution in [-0.2, 0) is 14.3 Å². The average molecular weight is 399 g/mol. The number of rotatable bonds is 6. The number of halogens is 1. The Morgan fingerprint density at radius 3 is 2.62 bits per heavy atom. The zero-order valence-electron chi connectivity index (χ0n) is 13.9. The van der Waals surface area contributed by atoms with Crippen LogP contribution >= 0.6 is 15.9 Å². The minimum atomic E-state index is -0.0390. The van der Waals surface area contributed by atoms with Gasteiger partial charge in [0.25, 0.3) is 5.91 Å². The molecule has 7 heteroatoms. The van der Waals surface area contributed by atoms with Gasteiger partial charge in [0.15, 0.2) is 0 Å². The van der Waals surface area contributed by atoms with E-state index in [0.717, 1.165) is 10.9 Å². The maximum Gasteiger partial charge on any atom is 0.253 e. The molecule has 1 heterocycles. The van der Waals surface area contributed by atoms with Gasteiger partial charge in [-0.2, -0.15) is 0 Å². The maximum absolute atomic E-state index is 12.6. The molecule has 1 aliphatic heterocycles. The van der Waals surface area contributed by atoms with E-state index in [4.69, 9.17) is 9.47 Å². The molecule has 0 aliphatic carbocycles. The van der Waals surface area contributed by atoms with Crippen molar-refractivity contribution in [2.24, 2.45) is 0 Å². The molecule has 0 N–H and O–H groups in total. The highest BCUT2D eigenvalue weighted by Gasteiger charge is 2.22. The number of carbonyl (C=O) groups is 2. The van der Waals surface area contributed by atoms with Crippen LogP contribution in [0, 0.1) is 0 Å². The number of benzene rings is 1. The van der Waals surface area contributed by atoms with E-state index < -0.39 is 0 Å². The zero-order valence-corrected chi connectivity index (χ0v) is 15.5. The highest BCUT2D eigenvalue weighted by Crippen LogP contribution is 2.15. The SMILES string of the molecule is COCCOCC(=O)N1CCCN(C(=O)c2cccc(Br)c2)CC1. The number of ether oxygens (including phenoxy) is 2. The lowest BCUT2D eigenvalue weighted by atomic mass is 10.2. The molecule has 1 aromatic carbocycles. The monoisotopic (exact) mass is 398 g/mol. The Bertz CT molecular complexity index is 567. The van der Waals surface area contributed by atoms with Gasteiger partial charge in [0.2, 0.25) is 5.91 Å². The van der Waals surface area contributed by atoms with Crippen molar-refractivity contribution in [3.63, 3.8) is 0 Å². The summed E-state index contributed by atoms with van der Waals surface area (Å²) in [6.45, 7) is 3.31. The Morgan fingerprint density at radius 1 is 1.12 bits per heavy atom. The molecular weight excluding hydrogens is 376 g/mol. The van der Waals surface area contributed by atoms with Crippen molar-refractivity contribution in [1.29, 1.82) is 0 Å². The molecule has 6 nitrogen and oxygen atoms in total. The Morgan fingerprint density at radius 2 is 1.88 bits per heavy atom. The molecule has 1 fully saturated rings. The lowest BCUT2D eigenvalue weighted by Gasteiger charge is -2.22. The molecular formula is C17H23BrN2O4. The van der Waals surface area contributed by atoms with Gasteiger partial charge in [-0.3, -0.25) is 9.59 Å². The number of carbonyl (C=O) groups excluding carboxylic acids is 2. The number of amides is 2. The molecule has 0 saturated carbocycles. The lowest BCUT2D eigenvalue weighted by Crippen LogP contribution is -2.39. The van der Waals surface area contributed by atoms with Crippen molar-refractivity contribution in [2.75, 3.05) is 53.1 Å². The fourth-order valence-electron chi connectivity index (χ4n) is 2.57. The molecule has 0 unspecified atom stereocenters. The van der Waals surface area contributed by atoms with Crippen molar-refractivity contribution >= 4 is 27.7 Å². The van der Waals surface area contributed by atoms with E-state index in [1.54, 1.807) is 16.9 Å². The van der Waals surface area contributed by atoms with Crippen LogP contribution in [0.15, 0.2) is 28.7 Å². The summed E-state index contributed by atoms with van der Waals surface area (Å²) in [5.74, 6) is -0.0372. The molecule has 2 amide bonds. The van der Waals surface area contributed by atoms with Gasteiger partial charge in [0.1, 0.15) is 6.61 Å². The van der Waals surface area contributed by atoms with Crippen molar-refractivity contribution < 1.29 is 19.1 Å². The second-order valence-electron chi connectivity index (χ2n) is 5.58. The van der Waals surface area contributed by atoms with E-state index in [1.807, 2.05) is 24.3 Å². The summed E-state index contributed by atoms with van der Waals surface area (Å²) in [4.78, 5) is 28.3. The van der Waals surface area contributed by atoms with Crippen molar-refractivity contribution in [2.45, 2.75) is 6.42 Å². The van der Waals surface area contributed by atoms with Crippen LogP contribution in [0.2, 0.25) is 0 Å². The third kappa shape index (κ3) is 5.58. The van der Waals surface area contributed by atoms with E-state index in [9.17, 15) is 9.59 Å². The smallest absolute Gasteiger partial charge is 0.253 e. The van der Waals surface area contributed by atoms with Crippen LogP contribution in [0.3, 0.4) is 0 Å². The van der Waals surface area contributed by atoms with Crippen LogP contribution in [0.4, 0.5) is 0 Å². The van der Waals surface area contributed by atoms with Gasteiger partial charge in [0.05, 0.1) is 13.2 Å². The Hall–Kier alpha value is -1.44. The fraction of sp³-hybridized carbons (Fsp3) is 0.529. The van der Waals surface area contributed by atoms with E-state index in [0.29, 0.717) is 45.0 Å². The summed E-state index contributed by atoms with van der Waals surface area (Å²) in [6, 6.07) is 7.37. The van der Waals surface area contributed by atoms with Crippen LogP contribution in [0.1, 0.15) is 16.8 Å². The highest BCUT2D eigenvalue weighted by molar-refractivity contribution is 9.10. The maximum atomic E-state index is 12.6. The second-order valence-corrected chi connectivity index (χ2v) is 6.50. The molecule has 1 aliphatic rings. The Balaban J connectivity index is 1.85. The van der Waals surface area contributed by atoms with E-state index in [2.05, 4.69) is 15.9 Å². The number of hydrogen-bond donors (Lipinski definition) is 0. The molecule has 1 saturated heterocycles.